The molecule has 0 radical (unpaired) electrons. The average Bonchev–Trinajstić information content (AvgIpc) is 2.63. The molecular formula is C20H18FN3O2. The van der Waals surface area contributed by atoms with Crippen LogP contribution in [0.25, 0.3) is 11.3 Å². The second-order valence-electron chi connectivity index (χ2n) is 5.97. The smallest absolute Gasteiger partial charge is 0.254 e. The van der Waals surface area contributed by atoms with Crippen molar-refractivity contribution in [1.82, 2.24) is 14.9 Å². The van der Waals surface area contributed by atoms with Crippen molar-refractivity contribution in [2.75, 3.05) is 0 Å². The fourth-order valence-corrected chi connectivity index (χ4v) is 2.47. The van der Waals surface area contributed by atoms with E-state index in [0.29, 0.717) is 11.3 Å². The summed E-state index contributed by atoms with van der Waals surface area (Å²) in [5, 5.41) is 2.60. The Hall–Kier alpha value is -3.28. The summed E-state index contributed by atoms with van der Waals surface area (Å²) in [6.45, 7) is 1.87. The van der Waals surface area contributed by atoms with E-state index in [2.05, 4.69) is 10.3 Å². The summed E-state index contributed by atoms with van der Waals surface area (Å²) in [6.07, 6.45) is 1.35. The second-order valence-corrected chi connectivity index (χ2v) is 5.97. The first-order valence-corrected chi connectivity index (χ1v) is 8.16. The van der Waals surface area contributed by atoms with Gasteiger partial charge in [0.2, 0.25) is 5.91 Å². The SMILES string of the molecule is Cc1ccc(-c2cc(=O)n(CC(=O)NCc3ccccc3F)cn2)cc1. The minimum atomic E-state index is -0.389. The molecule has 0 aliphatic carbocycles. The molecule has 0 fully saturated rings. The van der Waals surface area contributed by atoms with Crippen molar-refractivity contribution < 1.29 is 9.18 Å². The maximum Gasteiger partial charge on any atom is 0.254 e. The van der Waals surface area contributed by atoms with Crippen molar-refractivity contribution in [3.63, 3.8) is 0 Å². The van der Waals surface area contributed by atoms with E-state index in [4.69, 9.17) is 0 Å². The molecule has 0 bridgehead atoms. The molecule has 26 heavy (non-hydrogen) atoms. The van der Waals surface area contributed by atoms with Gasteiger partial charge in [-0.05, 0) is 13.0 Å². The number of hydrogen-bond donors (Lipinski definition) is 1. The highest BCUT2D eigenvalue weighted by Crippen LogP contribution is 2.15. The fraction of sp³-hybridized carbons (Fsp3) is 0.150. The number of carbonyl (C=O) groups excluding carboxylic acids is 1. The maximum atomic E-state index is 13.5. The van der Waals surface area contributed by atoms with E-state index in [1.165, 1.54) is 23.0 Å². The number of hydrogen-bond acceptors (Lipinski definition) is 3. The van der Waals surface area contributed by atoms with E-state index in [9.17, 15) is 14.0 Å². The molecule has 1 N–H and O–H groups in total. The highest BCUT2D eigenvalue weighted by atomic mass is 19.1. The van der Waals surface area contributed by atoms with Crippen molar-refractivity contribution in [2.24, 2.45) is 0 Å². The Kier molecular flexibility index (Phi) is 5.22. The van der Waals surface area contributed by atoms with E-state index in [1.54, 1.807) is 18.2 Å². The van der Waals surface area contributed by atoms with Crippen LogP contribution >= 0.6 is 0 Å². The summed E-state index contributed by atoms with van der Waals surface area (Å²) in [5.41, 5.74) is 2.58. The second kappa shape index (κ2) is 7.74. The van der Waals surface area contributed by atoms with Crippen molar-refractivity contribution in [3.05, 3.63) is 88.2 Å². The van der Waals surface area contributed by atoms with Gasteiger partial charge >= 0.3 is 0 Å². The lowest BCUT2D eigenvalue weighted by atomic mass is 10.1. The largest absolute Gasteiger partial charge is 0.350 e. The molecule has 2 aromatic carbocycles. The first-order chi connectivity index (χ1) is 12.5. The van der Waals surface area contributed by atoms with Gasteiger partial charge in [0.25, 0.3) is 5.56 Å². The lowest BCUT2D eigenvalue weighted by molar-refractivity contribution is -0.121. The van der Waals surface area contributed by atoms with Crippen LogP contribution in [0, 0.1) is 12.7 Å². The molecular weight excluding hydrogens is 333 g/mol. The number of nitrogens with zero attached hydrogens (tertiary/aromatic N) is 2. The molecule has 5 nitrogen and oxygen atoms in total. The fourth-order valence-electron chi connectivity index (χ4n) is 2.47. The van der Waals surface area contributed by atoms with Gasteiger partial charge in [-0.15, -0.1) is 0 Å². The standard InChI is InChI=1S/C20H18FN3O2/c1-14-6-8-15(9-7-14)18-10-20(26)24(13-23-18)12-19(25)22-11-16-4-2-3-5-17(16)21/h2-10,13H,11-12H2,1H3,(H,22,25). The van der Waals surface area contributed by atoms with Crippen molar-refractivity contribution in [2.45, 2.75) is 20.0 Å². The monoisotopic (exact) mass is 351 g/mol. The van der Waals surface area contributed by atoms with Gasteiger partial charge in [-0.1, -0.05) is 48.0 Å². The molecule has 0 saturated carbocycles. The van der Waals surface area contributed by atoms with Crippen LogP contribution in [0.15, 0.2) is 65.7 Å². The Morgan fingerprint density at radius 2 is 1.88 bits per heavy atom. The number of benzene rings is 2. The van der Waals surface area contributed by atoms with E-state index < -0.39 is 0 Å². The van der Waals surface area contributed by atoms with Gasteiger partial charge in [0.05, 0.1) is 12.0 Å². The Labute approximate surface area is 150 Å². The molecule has 0 aliphatic rings. The minimum Gasteiger partial charge on any atom is -0.350 e. The highest BCUT2D eigenvalue weighted by molar-refractivity contribution is 5.75. The van der Waals surface area contributed by atoms with Crippen LogP contribution in [-0.4, -0.2) is 15.5 Å². The van der Waals surface area contributed by atoms with E-state index in [0.717, 1.165) is 11.1 Å². The zero-order valence-electron chi connectivity index (χ0n) is 14.3. The van der Waals surface area contributed by atoms with E-state index in [1.807, 2.05) is 31.2 Å². The summed E-state index contributed by atoms with van der Waals surface area (Å²) in [4.78, 5) is 28.5. The summed E-state index contributed by atoms with van der Waals surface area (Å²) in [7, 11) is 0. The number of carbonyl (C=O) groups is 1. The van der Waals surface area contributed by atoms with Crippen LogP contribution in [-0.2, 0) is 17.9 Å². The van der Waals surface area contributed by atoms with Gasteiger partial charge in [-0.25, -0.2) is 9.37 Å². The average molecular weight is 351 g/mol. The van der Waals surface area contributed by atoms with Gasteiger partial charge in [0.1, 0.15) is 12.4 Å². The first kappa shape index (κ1) is 17.5. The van der Waals surface area contributed by atoms with Crippen LogP contribution in [0.5, 0.6) is 0 Å². The highest BCUT2D eigenvalue weighted by Gasteiger charge is 2.08. The third-order valence-electron chi connectivity index (χ3n) is 3.97. The lowest BCUT2D eigenvalue weighted by Crippen LogP contribution is -2.32. The molecule has 1 heterocycles. The van der Waals surface area contributed by atoms with Crippen LogP contribution in [0.1, 0.15) is 11.1 Å². The summed E-state index contributed by atoms with van der Waals surface area (Å²) >= 11 is 0. The van der Waals surface area contributed by atoms with Crippen LogP contribution in [0.2, 0.25) is 0 Å². The molecule has 1 aromatic heterocycles. The van der Waals surface area contributed by atoms with Crippen LogP contribution < -0.4 is 10.9 Å². The molecule has 0 aliphatic heterocycles. The summed E-state index contributed by atoms with van der Waals surface area (Å²) in [5.74, 6) is -0.769. The quantitative estimate of drug-likeness (QED) is 0.769. The summed E-state index contributed by atoms with van der Waals surface area (Å²) in [6, 6.07) is 15.3. The van der Waals surface area contributed by atoms with Gasteiger partial charge in [0.15, 0.2) is 0 Å². The lowest BCUT2D eigenvalue weighted by Gasteiger charge is -2.08. The predicted molar refractivity (Wildman–Crippen MR) is 96.9 cm³/mol. The van der Waals surface area contributed by atoms with Gasteiger partial charge in [-0.3, -0.25) is 14.2 Å². The van der Waals surface area contributed by atoms with Crippen molar-refractivity contribution >= 4 is 5.91 Å². The third-order valence-corrected chi connectivity index (χ3v) is 3.97. The van der Waals surface area contributed by atoms with Crippen LogP contribution in [0.3, 0.4) is 0 Å². The molecule has 132 valence electrons. The Bertz CT molecular complexity index is 981. The molecule has 0 atom stereocenters. The van der Waals surface area contributed by atoms with Crippen molar-refractivity contribution in [3.8, 4) is 11.3 Å². The third kappa shape index (κ3) is 4.22. The number of aryl methyl sites for hydroxylation is 1. The first-order valence-electron chi connectivity index (χ1n) is 8.16. The molecule has 3 rings (SSSR count). The number of nitrogens with one attached hydrogen (secondary N) is 1. The van der Waals surface area contributed by atoms with Gasteiger partial charge < -0.3 is 5.32 Å². The van der Waals surface area contributed by atoms with Gasteiger partial charge in [-0.2, -0.15) is 0 Å². The van der Waals surface area contributed by atoms with E-state index >= 15 is 0 Å². The minimum absolute atomic E-state index is 0.0646. The molecule has 0 saturated heterocycles. The zero-order valence-corrected chi connectivity index (χ0v) is 14.3. The topological polar surface area (TPSA) is 64.0 Å². The zero-order chi connectivity index (χ0) is 18.5. The number of amides is 1. The Morgan fingerprint density at radius 3 is 2.58 bits per heavy atom. The molecule has 3 aromatic rings. The Balaban J connectivity index is 1.66. The number of halogens is 1. The van der Waals surface area contributed by atoms with Crippen LogP contribution in [0.4, 0.5) is 4.39 Å². The maximum absolute atomic E-state index is 13.5. The normalized spacial score (nSPS) is 10.5. The molecule has 0 unspecified atom stereocenters. The van der Waals surface area contributed by atoms with Crippen molar-refractivity contribution in [1.29, 1.82) is 0 Å². The molecule has 0 spiro atoms. The molecule has 6 heteroatoms. The summed E-state index contributed by atoms with van der Waals surface area (Å²) < 4.78 is 14.8. The number of aromatic nitrogens is 2. The van der Waals surface area contributed by atoms with Gasteiger partial charge in [0, 0.05) is 23.7 Å². The predicted octanol–water partition coefficient (Wildman–Crippen LogP) is 2.67. The Morgan fingerprint density at radius 1 is 1.15 bits per heavy atom. The van der Waals surface area contributed by atoms with E-state index in [-0.39, 0.29) is 30.4 Å². The molecule has 1 amide bonds. The number of rotatable bonds is 5.